The van der Waals surface area contributed by atoms with Crippen molar-refractivity contribution in [3.8, 4) is 5.75 Å². The van der Waals surface area contributed by atoms with Gasteiger partial charge in [-0.2, -0.15) is 0 Å². The Balaban J connectivity index is 2.32. The lowest BCUT2D eigenvalue weighted by atomic mass is 10.1. The third kappa shape index (κ3) is 3.85. The quantitative estimate of drug-likeness (QED) is 0.514. The summed E-state index contributed by atoms with van der Waals surface area (Å²) in [5.74, 6) is -1.26. The Morgan fingerprint density at radius 1 is 1.29 bits per heavy atom. The van der Waals surface area contributed by atoms with Crippen LogP contribution in [0.5, 0.6) is 5.75 Å². The van der Waals surface area contributed by atoms with Crippen LogP contribution in [-0.4, -0.2) is 22.1 Å². The zero-order valence-corrected chi connectivity index (χ0v) is 12.1. The molecular weight excluding hydrogens is 298 g/mol. The lowest BCUT2D eigenvalue weighted by Crippen LogP contribution is -2.17. The zero-order valence-electron chi connectivity index (χ0n) is 11.4. The van der Waals surface area contributed by atoms with Crippen LogP contribution in [0, 0.1) is 10.1 Å². The van der Waals surface area contributed by atoms with Gasteiger partial charge in [0, 0.05) is 12.1 Å². The van der Waals surface area contributed by atoms with E-state index in [4.69, 9.17) is 16.3 Å². The summed E-state index contributed by atoms with van der Waals surface area (Å²) in [5, 5.41) is 20.0. The van der Waals surface area contributed by atoms with Crippen molar-refractivity contribution in [1.82, 2.24) is 0 Å². The van der Waals surface area contributed by atoms with Crippen LogP contribution in [0.2, 0.25) is 5.02 Å². The zero-order chi connectivity index (χ0) is 15.4. The second kappa shape index (κ2) is 6.76. The third-order valence-electron chi connectivity index (χ3n) is 3.56. The number of rotatable bonds is 4. The molecule has 0 aromatic heterocycles. The van der Waals surface area contributed by atoms with E-state index >= 15 is 0 Å². The molecule has 0 heterocycles. The normalized spacial score (nSPS) is 16.2. The van der Waals surface area contributed by atoms with Crippen molar-refractivity contribution < 1.29 is 19.6 Å². The molecule has 1 aromatic carbocycles. The molecule has 2 rings (SSSR count). The first-order valence-electron chi connectivity index (χ1n) is 6.87. The fraction of sp³-hybridized carbons (Fsp3) is 0.500. The van der Waals surface area contributed by atoms with Gasteiger partial charge in [0.05, 0.1) is 16.0 Å². The number of nitrogens with zero attached hydrogens (tertiary/aromatic N) is 1. The first-order chi connectivity index (χ1) is 9.99. The van der Waals surface area contributed by atoms with E-state index in [-0.39, 0.29) is 28.1 Å². The minimum absolute atomic E-state index is 0.0293. The number of nitro groups is 1. The first-order valence-corrected chi connectivity index (χ1v) is 7.24. The molecule has 1 saturated carbocycles. The molecule has 0 bridgehead atoms. The second-order valence-electron chi connectivity index (χ2n) is 5.10. The van der Waals surface area contributed by atoms with Crippen molar-refractivity contribution in [2.75, 3.05) is 0 Å². The molecule has 1 aromatic rings. The van der Waals surface area contributed by atoms with Gasteiger partial charge in [0.2, 0.25) is 0 Å². The lowest BCUT2D eigenvalue weighted by molar-refractivity contribution is -0.384. The van der Waals surface area contributed by atoms with Crippen LogP contribution in [0.15, 0.2) is 12.1 Å². The summed E-state index contributed by atoms with van der Waals surface area (Å²) in [6.45, 7) is 0. The van der Waals surface area contributed by atoms with Crippen molar-refractivity contribution in [2.45, 2.75) is 44.6 Å². The van der Waals surface area contributed by atoms with E-state index in [1.807, 2.05) is 0 Å². The average Bonchev–Trinajstić information content (AvgIpc) is 2.68. The number of non-ortho nitro benzene ring substituents is 1. The Hall–Kier alpha value is -1.82. The highest BCUT2D eigenvalue weighted by Gasteiger charge is 2.24. The molecule has 7 heteroatoms. The summed E-state index contributed by atoms with van der Waals surface area (Å²) in [6, 6.07) is 2.11. The highest BCUT2D eigenvalue weighted by Crippen LogP contribution is 2.35. The van der Waals surface area contributed by atoms with E-state index in [9.17, 15) is 20.0 Å². The number of ether oxygens (including phenoxy) is 1. The fourth-order valence-electron chi connectivity index (χ4n) is 2.49. The molecule has 1 aliphatic rings. The number of hydrogen-bond donors (Lipinski definition) is 1. The highest BCUT2D eigenvalue weighted by molar-refractivity contribution is 6.32. The Morgan fingerprint density at radius 2 is 1.90 bits per heavy atom. The van der Waals surface area contributed by atoms with Crippen LogP contribution >= 0.6 is 11.6 Å². The van der Waals surface area contributed by atoms with Crippen molar-refractivity contribution in [3.05, 3.63) is 32.8 Å². The number of nitro benzene ring substituents is 1. The minimum Gasteiger partial charge on any atom is -0.488 e. The summed E-state index contributed by atoms with van der Waals surface area (Å²) in [4.78, 5) is 21.4. The minimum atomic E-state index is -1.29. The molecule has 0 atom stereocenters. The fourth-order valence-corrected chi connectivity index (χ4v) is 2.75. The number of halogens is 1. The van der Waals surface area contributed by atoms with E-state index in [1.165, 1.54) is 0 Å². The smallest absolute Gasteiger partial charge is 0.339 e. The van der Waals surface area contributed by atoms with Crippen molar-refractivity contribution in [3.63, 3.8) is 0 Å². The van der Waals surface area contributed by atoms with Crippen LogP contribution < -0.4 is 4.74 Å². The molecule has 0 amide bonds. The molecule has 0 spiro atoms. The van der Waals surface area contributed by atoms with Crippen molar-refractivity contribution >= 4 is 23.3 Å². The predicted octanol–water partition coefficient (Wildman–Crippen LogP) is 4.05. The maximum Gasteiger partial charge on any atom is 0.339 e. The highest BCUT2D eigenvalue weighted by atomic mass is 35.5. The van der Waals surface area contributed by atoms with Crippen molar-refractivity contribution in [1.29, 1.82) is 0 Å². The summed E-state index contributed by atoms with van der Waals surface area (Å²) in [7, 11) is 0. The van der Waals surface area contributed by atoms with Gasteiger partial charge < -0.3 is 9.84 Å². The van der Waals surface area contributed by atoms with Gasteiger partial charge in [0.25, 0.3) is 5.69 Å². The molecule has 0 aliphatic heterocycles. The Labute approximate surface area is 126 Å². The number of aromatic carboxylic acids is 1. The molecule has 114 valence electrons. The molecule has 6 nitrogen and oxygen atoms in total. The summed E-state index contributed by atoms with van der Waals surface area (Å²) in [6.07, 6.45) is 5.91. The van der Waals surface area contributed by atoms with Gasteiger partial charge in [0.1, 0.15) is 5.56 Å². The molecule has 1 aliphatic carbocycles. The van der Waals surface area contributed by atoms with Crippen LogP contribution in [0.1, 0.15) is 48.9 Å². The molecule has 21 heavy (non-hydrogen) atoms. The second-order valence-corrected chi connectivity index (χ2v) is 5.51. The maximum atomic E-state index is 11.3. The first kappa shape index (κ1) is 15.6. The topological polar surface area (TPSA) is 89.7 Å². The molecule has 0 radical (unpaired) electrons. The van der Waals surface area contributed by atoms with E-state index in [2.05, 4.69) is 0 Å². The Kier molecular flexibility index (Phi) is 5.01. The molecule has 0 unspecified atom stereocenters. The number of hydrogen-bond acceptors (Lipinski definition) is 4. The van der Waals surface area contributed by atoms with E-state index in [0.29, 0.717) is 0 Å². The molecule has 1 fully saturated rings. The standard InChI is InChI=1S/C14H16ClNO5/c15-12-8-9(16(19)20)7-11(14(17)18)13(12)21-10-5-3-1-2-4-6-10/h7-8,10H,1-6H2,(H,17,18). The monoisotopic (exact) mass is 313 g/mol. The van der Waals surface area contributed by atoms with Gasteiger partial charge in [-0.15, -0.1) is 0 Å². The van der Waals surface area contributed by atoms with Gasteiger partial charge >= 0.3 is 5.97 Å². The predicted molar refractivity (Wildman–Crippen MR) is 77.2 cm³/mol. The Bertz CT molecular complexity index is 553. The van der Waals surface area contributed by atoms with Gasteiger partial charge in [-0.25, -0.2) is 4.79 Å². The van der Waals surface area contributed by atoms with Crippen LogP contribution in [0.25, 0.3) is 0 Å². The van der Waals surface area contributed by atoms with E-state index < -0.39 is 10.9 Å². The molecule has 0 saturated heterocycles. The molecular formula is C14H16ClNO5. The maximum absolute atomic E-state index is 11.3. The largest absolute Gasteiger partial charge is 0.488 e. The summed E-state index contributed by atoms with van der Waals surface area (Å²) in [5.41, 5.74) is -0.621. The number of carbonyl (C=O) groups is 1. The average molecular weight is 314 g/mol. The van der Waals surface area contributed by atoms with Crippen LogP contribution in [0.3, 0.4) is 0 Å². The van der Waals surface area contributed by atoms with Crippen molar-refractivity contribution in [2.24, 2.45) is 0 Å². The van der Waals surface area contributed by atoms with Crippen LogP contribution in [-0.2, 0) is 0 Å². The van der Waals surface area contributed by atoms with Gasteiger partial charge in [-0.05, 0) is 25.7 Å². The van der Waals surface area contributed by atoms with Gasteiger partial charge in [0.15, 0.2) is 5.75 Å². The van der Waals surface area contributed by atoms with E-state index in [0.717, 1.165) is 50.7 Å². The summed E-state index contributed by atoms with van der Waals surface area (Å²) >= 11 is 5.99. The van der Waals surface area contributed by atoms with Gasteiger partial charge in [-0.3, -0.25) is 10.1 Å². The Morgan fingerprint density at radius 3 is 2.43 bits per heavy atom. The van der Waals surface area contributed by atoms with Crippen LogP contribution in [0.4, 0.5) is 5.69 Å². The van der Waals surface area contributed by atoms with E-state index in [1.54, 1.807) is 0 Å². The van der Waals surface area contributed by atoms with Gasteiger partial charge in [-0.1, -0.05) is 24.4 Å². The number of carboxylic acid groups (broad SMARTS) is 1. The number of benzene rings is 1. The lowest BCUT2D eigenvalue weighted by Gasteiger charge is -2.19. The number of carboxylic acids is 1. The molecule has 1 N–H and O–H groups in total. The summed E-state index contributed by atoms with van der Waals surface area (Å²) < 4.78 is 5.76. The SMILES string of the molecule is O=C(O)c1cc([N+](=O)[O-])cc(Cl)c1OC1CCCCCC1. The third-order valence-corrected chi connectivity index (χ3v) is 3.84.